The average molecular weight is 277 g/mol. The molecular weight excluding hydrogens is 267 g/mol. The third-order valence-corrected chi connectivity index (χ3v) is 2.84. The lowest BCUT2D eigenvalue weighted by Crippen LogP contribution is -2.29. The minimum atomic E-state index is -1.42. The van der Waals surface area contributed by atoms with Crippen LogP contribution in [-0.2, 0) is 0 Å². The van der Waals surface area contributed by atoms with Gasteiger partial charge in [0.2, 0.25) is 0 Å². The van der Waals surface area contributed by atoms with Crippen molar-refractivity contribution >= 4 is 28.5 Å². The predicted molar refractivity (Wildman–Crippen MR) is 69.4 cm³/mol. The summed E-state index contributed by atoms with van der Waals surface area (Å²) < 4.78 is 1.000. The molecule has 0 atom stereocenters. The van der Waals surface area contributed by atoms with Crippen LogP contribution >= 0.6 is 15.9 Å². The van der Waals surface area contributed by atoms with E-state index in [1.807, 2.05) is 36.4 Å². The molecule has 0 fully saturated rings. The molecule has 2 rings (SSSR count). The molecule has 0 radical (unpaired) electrons. The summed E-state index contributed by atoms with van der Waals surface area (Å²) in [5.41, 5.74) is 2.50. The molecule has 0 aromatic heterocycles. The molecule has 0 unspecified atom stereocenters. The lowest BCUT2D eigenvalue weighted by atomic mass is 9.79. The summed E-state index contributed by atoms with van der Waals surface area (Å²) in [6, 6.07) is 15.1. The summed E-state index contributed by atoms with van der Waals surface area (Å²) in [5, 5.41) is 18.2. The number of rotatable bonds is 2. The van der Waals surface area contributed by atoms with Crippen molar-refractivity contribution in [1.82, 2.24) is 0 Å². The maximum absolute atomic E-state index is 9.10. The molecule has 2 aromatic carbocycles. The SMILES string of the molecule is OB(O)c1cccc(-c2cccc(Br)c2)c1. The van der Waals surface area contributed by atoms with Gasteiger partial charge in [-0.3, -0.25) is 0 Å². The molecule has 0 saturated carbocycles. The summed E-state index contributed by atoms with van der Waals surface area (Å²) in [5.74, 6) is 0. The average Bonchev–Trinajstić information content (AvgIpc) is 2.29. The van der Waals surface area contributed by atoms with E-state index in [0.29, 0.717) is 5.46 Å². The van der Waals surface area contributed by atoms with Crippen LogP contribution in [0, 0.1) is 0 Å². The van der Waals surface area contributed by atoms with Gasteiger partial charge in [0.25, 0.3) is 0 Å². The van der Waals surface area contributed by atoms with E-state index >= 15 is 0 Å². The van der Waals surface area contributed by atoms with Gasteiger partial charge in [-0.2, -0.15) is 0 Å². The lowest BCUT2D eigenvalue weighted by molar-refractivity contribution is 0.426. The van der Waals surface area contributed by atoms with Crippen LogP contribution in [-0.4, -0.2) is 17.2 Å². The van der Waals surface area contributed by atoms with E-state index in [9.17, 15) is 0 Å². The molecular formula is C12H10BBrO2. The fourth-order valence-electron chi connectivity index (χ4n) is 1.55. The highest BCUT2D eigenvalue weighted by Crippen LogP contribution is 2.21. The Hall–Kier alpha value is -1.10. The lowest BCUT2D eigenvalue weighted by Gasteiger charge is -2.05. The van der Waals surface area contributed by atoms with Crippen LogP contribution in [0.5, 0.6) is 0 Å². The monoisotopic (exact) mass is 276 g/mol. The smallest absolute Gasteiger partial charge is 0.423 e. The second-order valence-corrected chi connectivity index (χ2v) is 4.43. The van der Waals surface area contributed by atoms with Crippen LogP contribution < -0.4 is 5.46 Å². The molecule has 0 bridgehead atoms. The van der Waals surface area contributed by atoms with Crippen LogP contribution in [0.4, 0.5) is 0 Å². The van der Waals surface area contributed by atoms with Gasteiger partial charge in [-0.15, -0.1) is 0 Å². The number of hydrogen-bond donors (Lipinski definition) is 2. The van der Waals surface area contributed by atoms with Gasteiger partial charge >= 0.3 is 7.12 Å². The third-order valence-electron chi connectivity index (χ3n) is 2.34. The molecule has 2 N–H and O–H groups in total. The van der Waals surface area contributed by atoms with Crippen molar-refractivity contribution in [2.24, 2.45) is 0 Å². The highest BCUT2D eigenvalue weighted by Gasteiger charge is 2.11. The first kappa shape index (κ1) is 11.4. The minimum absolute atomic E-state index is 0.498. The summed E-state index contributed by atoms with van der Waals surface area (Å²) in [4.78, 5) is 0. The Kier molecular flexibility index (Phi) is 3.44. The number of hydrogen-bond acceptors (Lipinski definition) is 2. The Morgan fingerprint density at radius 2 is 1.50 bits per heavy atom. The van der Waals surface area contributed by atoms with Gasteiger partial charge < -0.3 is 10.0 Å². The van der Waals surface area contributed by atoms with Gasteiger partial charge in [-0.25, -0.2) is 0 Å². The maximum Gasteiger partial charge on any atom is 0.488 e. The first-order valence-electron chi connectivity index (χ1n) is 4.89. The summed E-state index contributed by atoms with van der Waals surface area (Å²) in [6.45, 7) is 0. The highest BCUT2D eigenvalue weighted by atomic mass is 79.9. The van der Waals surface area contributed by atoms with E-state index in [4.69, 9.17) is 10.0 Å². The fourth-order valence-corrected chi connectivity index (χ4v) is 1.95. The van der Waals surface area contributed by atoms with Gasteiger partial charge in [-0.1, -0.05) is 52.3 Å². The summed E-state index contributed by atoms with van der Waals surface area (Å²) in [7, 11) is -1.42. The molecule has 0 aliphatic heterocycles. The van der Waals surface area contributed by atoms with Gasteiger partial charge in [0.15, 0.2) is 0 Å². The molecule has 16 heavy (non-hydrogen) atoms. The van der Waals surface area contributed by atoms with Crippen molar-refractivity contribution in [2.45, 2.75) is 0 Å². The van der Waals surface area contributed by atoms with Crippen molar-refractivity contribution in [2.75, 3.05) is 0 Å². The van der Waals surface area contributed by atoms with Crippen LogP contribution in [0.15, 0.2) is 53.0 Å². The van der Waals surface area contributed by atoms with E-state index in [1.54, 1.807) is 12.1 Å². The molecule has 0 aliphatic carbocycles. The van der Waals surface area contributed by atoms with Gasteiger partial charge in [-0.05, 0) is 28.7 Å². The van der Waals surface area contributed by atoms with Crippen molar-refractivity contribution in [3.8, 4) is 11.1 Å². The Labute approximate surface area is 103 Å². The zero-order valence-corrected chi connectivity index (χ0v) is 10.1. The first-order valence-corrected chi connectivity index (χ1v) is 5.68. The van der Waals surface area contributed by atoms with Crippen LogP contribution in [0.25, 0.3) is 11.1 Å². The zero-order valence-electron chi connectivity index (χ0n) is 8.47. The van der Waals surface area contributed by atoms with Gasteiger partial charge in [0.1, 0.15) is 0 Å². The van der Waals surface area contributed by atoms with Crippen molar-refractivity contribution < 1.29 is 10.0 Å². The van der Waals surface area contributed by atoms with Gasteiger partial charge in [0.05, 0.1) is 0 Å². The molecule has 4 heteroatoms. The molecule has 0 saturated heterocycles. The quantitative estimate of drug-likeness (QED) is 0.822. The summed E-state index contributed by atoms with van der Waals surface area (Å²) in [6.07, 6.45) is 0. The van der Waals surface area contributed by atoms with Crippen LogP contribution in [0.2, 0.25) is 0 Å². The first-order chi connectivity index (χ1) is 7.66. The molecule has 2 aromatic rings. The number of benzene rings is 2. The van der Waals surface area contributed by atoms with E-state index in [-0.39, 0.29) is 0 Å². The van der Waals surface area contributed by atoms with E-state index in [2.05, 4.69) is 15.9 Å². The van der Waals surface area contributed by atoms with Crippen LogP contribution in [0.1, 0.15) is 0 Å². The summed E-state index contributed by atoms with van der Waals surface area (Å²) >= 11 is 3.41. The van der Waals surface area contributed by atoms with E-state index < -0.39 is 7.12 Å². The van der Waals surface area contributed by atoms with Gasteiger partial charge in [0, 0.05) is 4.47 Å². The van der Waals surface area contributed by atoms with Crippen molar-refractivity contribution in [3.05, 3.63) is 53.0 Å². The van der Waals surface area contributed by atoms with Crippen molar-refractivity contribution in [1.29, 1.82) is 0 Å². The Morgan fingerprint density at radius 3 is 2.12 bits per heavy atom. The zero-order chi connectivity index (χ0) is 11.5. The molecule has 0 heterocycles. The minimum Gasteiger partial charge on any atom is -0.423 e. The molecule has 80 valence electrons. The maximum atomic E-state index is 9.10. The van der Waals surface area contributed by atoms with Crippen LogP contribution in [0.3, 0.4) is 0 Å². The Bertz CT molecular complexity index is 500. The van der Waals surface area contributed by atoms with Crippen molar-refractivity contribution in [3.63, 3.8) is 0 Å². The van der Waals surface area contributed by atoms with E-state index in [1.165, 1.54) is 0 Å². The number of halogens is 1. The third kappa shape index (κ3) is 2.53. The molecule has 0 spiro atoms. The fraction of sp³-hybridized carbons (Fsp3) is 0. The predicted octanol–water partition coefficient (Wildman–Crippen LogP) is 1.80. The Balaban J connectivity index is 2.44. The normalized spacial score (nSPS) is 10.2. The largest absolute Gasteiger partial charge is 0.488 e. The molecule has 2 nitrogen and oxygen atoms in total. The molecule has 0 amide bonds. The topological polar surface area (TPSA) is 40.5 Å². The van der Waals surface area contributed by atoms with E-state index in [0.717, 1.165) is 15.6 Å². The second kappa shape index (κ2) is 4.83. The highest BCUT2D eigenvalue weighted by molar-refractivity contribution is 9.10. The Morgan fingerprint density at radius 1 is 0.875 bits per heavy atom. The molecule has 0 aliphatic rings. The standard InChI is InChI=1S/C12H10BBrO2/c14-12-6-2-4-10(8-12)9-3-1-5-11(7-9)13(15)16/h1-8,15-16H. The second-order valence-electron chi connectivity index (χ2n) is 3.51.